The molecule has 0 atom stereocenters. The highest BCUT2D eigenvalue weighted by Crippen LogP contribution is 2.32. The van der Waals surface area contributed by atoms with E-state index in [0.29, 0.717) is 13.0 Å². The van der Waals surface area contributed by atoms with Gasteiger partial charge >= 0.3 is 0 Å². The Morgan fingerprint density at radius 1 is 1.39 bits per heavy atom. The van der Waals surface area contributed by atoms with E-state index in [1.54, 1.807) is 4.90 Å². The Balaban J connectivity index is 2.44. The molecule has 0 aromatic rings. The van der Waals surface area contributed by atoms with Crippen LogP contribution in [0.4, 0.5) is 0 Å². The molecule has 1 aliphatic carbocycles. The molecule has 0 aromatic heterocycles. The Bertz CT molecular complexity index is 311. The zero-order valence-corrected chi connectivity index (χ0v) is 11.7. The molecule has 1 saturated carbocycles. The Hall–Kier alpha value is -1.10. The van der Waals surface area contributed by atoms with Crippen molar-refractivity contribution < 1.29 is 9.59 Å². The fourth-order valence-electron chi connectivity index (χ4n) is 2.14. The normalized spacial score (nSPS) is 17.2. The number of nitrogens with zero attached hydrogens (tertiary/aromatic N) is 1. The third kappa shape index (κ3) is 4.29. The number of hydrogen-bond acceptors (Lipinski definition) is 3. The van der Waals surface area contributed by atoms with Gasteiger partial charge in [0.2, 0.25) is 11.8 Å². The maximum atomic E-state index is 12.1. The summed E-state index contributed by atoms with van der Waals surface area (Å²) in [6, 6.07) is 0.0961. The zero-order chi connectivity index (χ0) is 13.8. The molecular weight excluding hydrogens is 230 g/mol. The Labute approximate surface area is 109 Å². The van der Waals surface area contributed by atoms with Crippen LogP contribution in [-0.4, -0.2) is 41.4 Å². The maximum absolute atomic E-state index is 12.1. The highest BCUT2D eigenvalue weighted by Gasteiger charge is 2.36. The van der Waals surface area contributed by atoms with Gasteiger partial charge in [-0.3, -0.25) is 9.59 Å². The smallest absolute Gasteiger partial charge is 0.239 e. The van der Waals surface area contributed by atoms with E-state index in [4.69, 9.17) is 5.73 Å². The first kappa shape index (κ1) is 15.0. The van der Waals surface area contributed by atoms with Gasteiger partial charge in [0.15, 0.2) is 0 Å². The lowest BCUT2D eigenvalue weighted by Crippen LogP contribution is -2.51. The van der Waals surface area contributed by atoms with Crippen molar-refractivity contribution in [3.8, 4) is 0 Å². The number of amides is 2. The van der Waals surface area contributed by atoms with Gasteiger partial charge in [-0.1, -0.05) is 0 Å². The molecule has 0 radical (unpaired) electrons. The van der Waals surface area contributed by atoms with Gasteiger partial charge in [0.1, 0.15) is 0 Å². The van der Waals surface area contributed by atoms with E-state index in [-0.39, 0.29) is 29.9 Å². The summed E-state index contributed by atoms with van der Waals surface area (Å²) in [6.45, 7) is 6.35. The molecule has 104 valence electrons. The lowest BCUT2D eigenvalue weighted by Gasteiger charge is -2.38. The van der Waals surface area contributed by atoms with E-state index in [2.05, 4.69) is 5.32 Å². The van der Waals surface area contributed by atoms with Crippen molar-refractivity contribution in [3.63, 3.8) is 0 Å². The second-order valence-electron chi connectivity index (χ2n) is 5.52. The lowest BCUT2D eigenvalue weighted by atomic mass is 9.75. The molecule has 2 amide bonds. The van der Waals surface area contributed by atoms with Crippen molar-refractivity contribution in [1.82, 2.24) is 10.2 Å². The second kappa shape index (κ2) is 6.18. The predicted octanol–water partition coefficient (Wildman–Crippen LogP) is 0.631. The van der Waals surface area contributed by atoms with Crippen LogP contribution in [0.3, 0.4) is 0 Å². The summed E-state index contributed by atoms with van der Waals surface area (Å²) < 4.78 is 0. The average Bonchev–Trinajstić information content (AvgIpc) is 2.22. The minimum Gasteiger partial charge on any atom is -0.352 e. The fourth-order valence-corrected chi connectivity index (χ4v) is 2.14. The van der Waals surface area contributed by atoms with Crippen molar-refractivity contribution >= 4 is 11.8 Å². The van der Waals surface area contributed by atoms with Gasteiger partial charge in [0.25, 0.3) is 0 Å². The molecule has 1 aliphatic rings. The lowest BCUT2D eigenvalue weighted by molar-refractivity contribution is -0.137. The molecule has 0 bridgehead atoms. The molecule has 5 heteroatoms. The van der Waals surface area contributed by atoms with Gasteiger partial charge in [0, 0.05) is 24.5 Å². The minimum atomic E-state index is -0.320. The van der Waals surface area contributed by atoms with Gasteiger partial charge in [0.05, 0.1) is 6.54 Å². The van der Waals surface area contributed by atoms with Gasteiger partial charge in [-0.05, 0) is 40.0 Å². The van der Waals surface area contributed by atoms with Gasteiger partial charge in [-0.2, -0.15) is 0 Å². The van der Waals surface area contributed by atoms with E-state index in [9.17, 15) is 9.59 Å². The number of carbonyl (C=O) groups is 2. The predicted molar refractivity (Wildman–Crippen MR) is 70.9 cm³/mol. The molecule has 18 heavy (non-hydrogen) atoms. The van der Waals surface area contributed by atoms with Crippen LogP contribution in [0, 0.1) is 0 Å². The number of carbonyl (C=O) groups excluding carboxylic acids is 2. The van der Waals surface area contributed by atoms with Gasteiger partial charge in [-0.25, -0.2) is 0 Å². The van der Waals surface area contributed by atoms with Crippen molar-refractivity contribution in [2.75, 3.05) is 13.1 Å². The molecule has 1 rings (SSSR count). The van der Waals surface area contributed by atoms with E-state index in [1.807, 2.05) is 20.8 Å². The third-order valence-corrected chi connectivity index (χ3v) is 3.37. The van der Waals surface area contributed by atoms with Gasteiger partial charge < -0.3 is 16.0 Å². The quantitative estimate of drug-likeness (QED) is 0.731. The van der Waals surface area contributed by atoms with Crippen LogP contribution in [-0.2, 0) is 9.59 Å². The summed E-state index contributed by atoms with van der Waals surface area (Å²) >= 11 is 0. The van der Waals surface area contributed by atoms with Crippen molar-refractivity contribution in [2.45, 2.75) is 58.0 Å². The third-order valence-electron chi connectivity index (χ3n) is 3.37. The highest BCUT2D eigenvalue weighted by molar-refractivity contribution is 5.85. The summed E-state index contributed by atoms with van der Waals surface area (Å²) in [6.07, 6.45) is 3.28. The number of hydrogen-bond donors (Lipinski definition) is 2. The topological polar surface area (TPSA) is 75.4 Å². The number of nitrogens with one attached hydrogen (secondary N) is 1. The number of likely N-dealkylation sites (N-methyl/N-ethyl adjacent to an activating group) is 1. The van der Waals surface area contributed by atoms with Crippen molar-refractivity contribution in [2.24, 2.45) is 5.73 Å². The average molecular weight is 255 g/mol. The number of nitrogens with two attached hydrogens (primary N) is 1. The summed E-state index contributed by atoms with van der Waals surface area (Å²) in [5, 5.41) is 2.79. The van der Waals surface area contributed by atoms with Crippen LogP contribution in [0.5, 0.6) is 0 Å². The van der Waals surface area contributed by atoms with E-state index >= 15 is 0 Å². The van der Waals surface area contributed by atoms with Crippen molar-refractivity contribution in [3.05, 3.63) is 0 Å². The van der Waals surface area contributed by atoms with Crippen LogP contribution >= 0.6 is 0 Å². The first-order valence-corrected chi connectivity index (χ1v) is 6.72. The Morgan fingerprint density at radius 3 is 2.39 bits per heavy atom. The summed E-state index contributed by atoms with van der Waals surface area (Å²) in [5.74, 6) is -0.126. The molecule has 0 saturated heterocycles. The van der Waals surface area contributed by atoms with Gasteiger partial charge in [-0.15, -0.1) is 0 Å². The summed E-state index contributed by atoms with van der Waals surface area (Å²) in [5.41, 5.74) is 5.74. The van der Waals surface area contributed by atoms with E-state index < -0.39 is 0 Å². The van der Waals surface area contributed by atoms with Crippen LogP contribution in [0.2, 0.25) is 0 Å². The highest BCUT2D eigenvalue weighted by atomic mass is 16.2. The fraction of sp³-hybridized carbons (Fsp3) is 0.846. The monoisotopic (exact) mass is 255 g/mol. The Morgan fingerprint density at radius 2 is 2.00 bits per heavy atom. The number of rotatable bonds is 6. The van der Waals surface area contributed by atoms with Crippen LogP contribution in [0.1, 0.15) is 46.5 Å². The van der Waals surface area contributed by atoms with Crippen LogP contribution < -0.4 is 11.1 Å². The first-order valence-electron chi connectivity index (χ1n) is 6.72. The molecule has 5 nitrogen and oxygen atoms in total. The van der Waals surface area contributed by atoms with E-state index in [1.165, 1.54) is 0 Å². The van der Waals surface area contributed by atoms with E-state index in [0.717, 1.165) is 19.3 Å². The van der Waals surface area contributed by atoms with Crippen molar-refractivity contribution in [1.29, 1.82) is 0 Å². The molecule has 0 unspecified atom stereocenters. The molecule has 0 aromatic carbocycles. The SMILES string of the molecule is CCN(CC(=O)NC(C)C)C(=O)CC1(N)CCC1. The minimum absolute atomic E-state index is 0.0152. The second-order valence-corrected chi connectivity index (χ2v) is 5.52. The molecule has 0 aliphatic heterocycles. The van der Waals surface area contributed by atoms with Crippen LogP contribution in [0.25, 0.3) is 0 Å². The zero-order valence-electron chi connectivity index (χ0n) is 11.7. The summed E-state index contributed by atoms with van der Waals surface area (Å²) in [7, 11) is 0. The maximum Gasteiger partial charge on any atom is 0.239 e. The Kier molecular flexibility index (Phi) is 5.14. The molecule has 0 heterocycles. The molecular formula is C13H25N3O2. The summed E-state index contributed by atoms with van der Waals surface area (Å²) in [4.78, 5) is 25.3. The van der Waals surface area contributed by atoms with Crippen LogP contribution in [0.15, 0.2) is 0 Å². The first-order chi connectivity index (χ1) is 8.36. The largest absolute Gasteiger partial charge is 0.352 e. The standard InChI is InChI=1S/C13H25N3O2/c1-4-16(9-11(17)15-10(2)3)12(18)8-13(14)6-5-7-13/h10H,4-9,14H2,1-3H3,(H,15,17). The molecule has 1 fully saturated rings. The molecule has 3 N–H and O–H groups in total. The molecule has 0 spiro atoms.